The fraction of sp³-hybridized carbons (Fsp3) is 0.395. The molecule has 0 unspecified atom stereocenters. The average Bonchev–Trinajstić information content (AvgIpc) is 3.23. The van der Waals surface area contributed by atoms with Crippen LogP contribution >= 0.6 is 0 Å². The van der Waals surface area contributed by atoms with E-state index in [0.717, 1.165) is 66.5 Å². The van der Waals surface area contributed by atoms with Crippen LogP contribution < -0.4 is 0 Å². The Bertz CT molecular complexity index is 1910. The minimum absolute atomic E-state index is 0.563. The lowest BCUT2D eigenvalue weighted by molar-refractivity contribution is -0.176. The normalized spacial score (nSPS) is 11.9. The molecule has 0 radical (unpaired) electrons. The summed E-state index contributed by atoms with van der Waals surface area (Å²) in [5.41, 5.74) is 4.93. The van der Waals surface area contributed by atoms with Crippen molar-refractivity contribution in [2.45, 2.75) is 96.3 Å². The minimum atomic E-state index is -4.36. The molecule has 0 spiro atoms. The van der Waals surface area contributed by atoms with Gasteiger partial charge in [-0.2, -0.15) is 17.6 Å². The highest BCUT2D eigenvalue weighted by Gasteiger charge is 2.42. The molecule has 318 valence electrons. The fourth-order valence-corrected chi connectivity index (χ4v) is 4.97. The van der Waals surface area contributed by atoms with Crippen molar-refractivity contribution in [2.75, 3.05) is 13.2 Å². The number of ether oxygens (including phenoxy) is 2. The van der Waals surface area contributed by atoms with Gasteiger partial charge in [-0.15, -0.1) is 0 Å². The van der Waals surface area contributed by atoms with Crippen molar-refractivity contribution < 1.29 is 54.2 Å². The molecule has 2 aromatic carbocycles. The zero-order valence-corrected chi connectivity index (χ0v) is 32.6. The molecule has 0 amide bonds. The number of aryl methyl sites for hydroxylation is 2. The Morgan fingerprint density at radius 2 is 0.898 bits per heavy atom. The van der Waals surface area contributed by atoms with Gasteiger partial charge < -0.3 is 9.47 Å². The number of benzene rings is 2. The maximum absolute atomic E-state index is 12.7. The van der Waals surface area contributed by atoms with Crippen molar-refractivity contribution in [1.29, 1.82) is 0 Å². The molecule has 8 nitrogen and oxygen atoms in total. The van der Waals surface area contributed by atoms with Gasteiger partial charge in [0.25, 0.3) is 0 Å². The number of esters is 2. The molecule has 2 aromatic heterocycles. The van der Waals surface area contributed by atoms with E-state index in [1.807, 2.05) is 12.4 Å². The van der Waals surface area contributed by atoms with Crippen LogP contribution in [0, 0.1) is 0 Å². The van der Waals surface area contributed by atoms with E-state index in [1.165, 1.54) is 37.8 Å². The van der Waals surface area contributed by atoms with Gasteiger partial charge in [-0.1, -0.05) is 94.5 Å². The SMILES string of the molecule is CCCCCCc1cnc(-c2ccc(C=CC(=O)OCC(F)(F)C(F)F)cc2)nc1.CCCCCc1cnc(-c2ccc(C=CC(=O)OCC(F)(F)C(F)F)cc2)nc1. The number of alkyl halides is 8. The molecule has 0 bridgehead atoms. The highest BCUT2D eigenvalue weighted by Crippen LogP contribution is 2.24. The van der Waals surface area contributed by atoms with Crippen molar-refractivity contribution in [1.82, 2.24) is 19.9 Å². The first-order valence-corrected chi connectivity index (χ1v) is 19.0. The first kappa shape index (κ1) is 47.8. The number of halogens is 8. The summed E-state index contributed by atoms with van der Waals surface area (Å²) in [5, 5.41) is 0. The minimum Gasteiger partial charge on any atom is -0.456 e. The maximum atomic E-state index is 12.7. The first-order valence-electron chi connectivity index (χ1n) is 19.0. The van der Waals surface area contributed by atoms with E-state index in [9.17, 15) is 44.7 Å². The van der Waals surface area contributed by atoms with Crippen LogP contribution in [0.5, 0.6) is 0 Å². The molecule has 16 heteroatoms. The molecule has 0 N–H and O–H groups in total. The van der Waals surface area contributed by atoms with E-state index < -0.39 is 49.8 Å². The van der Waals surface area contributed by atoms with Gasteiger partial charge in [-0.05, 0) is 60.1 Å². The summed E-state index contributed by atoms with van der Waals surface area (Å²) in [6.45, 7) is 0.980. The highest BCUT2D eigenvalue weighted by molar-refractivity contribution is 5.87. The Morgan fingerprint density at radius 3 is 1.24 bits per heavy atom. The molecule has 0 aliphatic carbocycles. The van der Waals surface area contributed by atoms with Crippen molar-refractivity contribution in [3.63, 3.8) is 0 Å². The predicted octanol–water partition coefficient (Wildman–Crippen LogP) is 11.1. The highest BCUT2D eigenvalue weighted by atomic mass is 19.3. The number of rotatable bonds is 21. The van der Waals surface area contributed by atoms with Crippen LogP contribution in [0.2, 0.25) is 0 Å². The molecule has 0 aliphatic rings. The van der Waals surface area contributed by atoms with Gasteiger partial charge in [0.15, 0.2) is 24.9 Å². The van der Waals surface area contributed by atoms with Gasteiger partial charge >= 0.3 is 36.6 Å². The molecule has 59 heavy (non-hydrogen) atoms. The lowest BCUT2D eigenvalue weighted by Crippen LogP contribution is -2.33. The Balaban J connectivity index is 0.000000316. The maximum Gasteiger partial charge on any atom is 0.340 e. The molecule has 2 heterocycles. The van der Waals surface area contributed by atoms with Crippen LogP contribution in [0.3, 0.4) is 0 Å². The molecule has 0 atom stereocenters. The quantitative estimate of drug-likeness (QED) is 0.0354. The number of aromatic nitrogens is 4. The van der Waals surface area contributed by atoms with Gasteiger partial charge in [0.2, 0.25) is 0 Å². The smallest absolute Gasteiger partial charge is 0.340 e. The number of unbranched alkanes of at least 4 members (excludes halogenated alkanes) is 5. The summed E-state index contributed by atoms with van der Waals surface area (Å²) in [7, 11) is 0. The largest absolute Gasteiger partial charge is 0.456 e. The van der Waals surface area contributed by atoms with Gasteiger partial charge in [0, 0.05) is 48.1 Å². The van der Waals surface area contributed by atoms with Gasteiger partial charge in [0.05, 0.1) is 0 Å². The zero-order valence-electron chi connectivity index (χ0n) is 32.6. The van der Waals surface area contributed by atoms with Gasteiger partial charge in [0.1, 0.15) is 0 Å². The Hall–Kier alpha value is -5.54. The Kier molecular flexibility index (Phi) is 19.8. The molecular weight excluding hydrogens is 788 g/mol. The molecule has 0 saturated heterocycles. The second kappa shape index (κ2) is 24.4. The number of carbonyl (C=O) groups excluding carboxylic acids is 2. The number of hydrogen-bond acceptors (Lipinski definition) is 8. The summed E-state index contributed by atoms with van der Waals surface area (Å²) in [6, 6.07) is 13.8. The lowest BCUT2D eigenvalue weighted by Gasteiger charge is -2.14. The number of nitrogens with zero attached hydrogens (tertiary/aromatic N) is 4. The van der Waals surface area contributed by atoms with E-state index in [0.29, 0.717) is 22.8 Å². The molecule has 4 aromatic rings. The van der Waals surface area contributed by atoms with Crippen LogP contribution in [-0.2, 0) is 31.9 Å². The second-order valence-electron chi connectivity index (χ2n) is 13.3. The Labute approximate surface area is 337 Å². The number of hydrogen-bond donors (Lipinski definition) is 0. The fourth-order valence-electron chi connectivity index (χ4n) is 4.97. The van der Waals surface area contributed by atoms with E-state index in [-0.39, 0.29) is 0 Å². The van der Waals surface area contributed by atoms with E-state index in [4.69, 9.17) is 0 Å². The predicted molar refractivity (Wildman–Crippen MR) is 208 cm³/mol. The third kappa shape index (κ3) is 17.5. The zero-order chi connectivity index (χ0) is 43.3. The molecule has 0 saturated carbocycles. The van der Waals surface area contributed by atoms with Crippen molar-refractivity contribution in [2.24, 2.45) is 0 Å². The third-order valence-electron chi connectivity index (χ3n) is 8.41. The van der Waals surface area contributed by atoms with Crippen LogP contribution in [0.4, 0.5) is 35.1 Å². The van der Waals surface area contributed by atoms with Crippen LogP contribution in [0.1, 0.15) is 81.0 Å². The third-order valence-corrected chi connectivity index (χ3v) is 8.41. The summed E-state index contributed by atoms with van der Waals surface area (Å²) < 4.78 is 107. The van der Waals surface area contributed by atoms with Gasteiger partial charge in [-0.25, -0.2) is 47.1 Å². The topological polar surface area (TPSA) is 104 Å². The van der Waals surface area contributed by atoms with Crippen molar-refractivity contribution in [3.8, 4) is 22.8 Å². The van der Waals surface area contributed by atoms with Crippen molar-refractivity contribution in [3.05, 3.63) is 108 Å². The van der Waals surface area contributed by atoms with Crippen molar-refractivity contribution >= 4 is 24.1 Å². The molecular formula is C43H46F8N4O4. The van der Waals surface area contributed by atoms with E-state index in [2.05, 4.69) is 43.3 Å². The summed E-state index contributed by atoms with van der Waals surface area (Å²) >= 11 is 0. The number of carbonyl (C=O) groups is 2. The van der Waals surface area contributed by atoms with Crippen LogP contribution in [0.25, 0.3) is 34.9 Å². The second-order valence-corrected chi connectivity index (χ2v) is 13.3. The lowest BCUT2D eigenvalue weighted by atomic mass is 10.1. The summed E-state index contributed by atoms with van der Waals surface area (Å²) in [6.07, 6.45) is 14.0. The van der Waals surface area contributed by atoms with E-state index >= 15 is 0 Å². The molecule has 0 fully saturated rings. The monoisotopic (exact) mass is 834 g/mol. The molecule has 0 aliphatic heterocycles. The summed E-state index contributed by atoms with van der Waals surface area (Å²) in [4.78, 5) is 40.3. The van der Waals surface area contributed by atoms with Gasteiger partial charge in [-0.3, -0.25) is 0 Å². The summed E-state index contributed by atoms with van der Waals surface area (Å²) in [5.74, 6) is -9.86. The van der Waals surface area contributed by atoms with E-state index in [1.54, 1.807) is 60.9 Å². The standard InChI is InChI=1S/C22H24F4N2O2.C21H22F4N2O2/c1-2-3-4-5-6-17-13-27-20(28-14-17)18-10-7-16(8-11-18)9-12-19(29)30-15-22(25,26)21(23)24;1-2-3-4-5-16-12-26-19(27-13-16)17-9-6-15(7-10-17)8-11-18(28)29-14-21(24,25)20(22)23/h7-14,21H,2-6,15H2,1H3;6-13,20H,2-5,14H2,1H3. The Morgan fingerprint density at radius 1 is 0.559 bits per heavy atom. The van der Waals surface area contributed by atoms with Crippen LogP contribution in [0.15, 0.2) is 85.5 Å². The molecule has 4 rings (SSSR count). The average molecular weight is 835 g/mol. The first-order chi connectivity index (χ1) is 28.1. The van der Waals surface area contributed by atoms with Crippen LogP contribution in [-0.4, -0.2) is 69.8 Å².